The first-order chi connectivity index (χ1) is 8.18. The lowest BCUT2D eigenvalue weighted by Gasteiger charge is -2.26. The van der Waals surface area contributed by atoms with Gasteiger partial charge in [-0.2, -0.15) is 0 Å². The lowest BCUT2D eigenvalue weighted by Crippen LogP contribution is -2.30. The van der Waals surface area contributed by atoms with E-state index in [1.165, 1.54) is 24.2 Å². The van der Waals surface area contributed by atoms with Crippen LogP contribution in [0.3, 0.4) is 0 Å². The number of nitrogens with zero attached hydrogens (tertiary/aromatic N) is 2. The monoisotopic (exact) mass is 233 g/mol. The number of anilines is 1. The predicted octanol–water partition coefficient (Wildman–Crippen LogP) is 1.85. The fourth-order valence-corrected chi connectivity index (χ4v) is 2.45. The van der Waals surface area contributed by atoms with Crippen LogP contribution in [-0.2, 0) is 0 Å². The van der Waals surface area contributed by atoms with Crippen molar-refractivity contribution in [3.63, 3.8) is 0 Å². The zero-order chi connectivity index (χ0) is 12.3. The standard InChI is InChI=1S/C14H23N3/c1-12(15)13-6-3-4-7-14(13)17-9-5-8-16(2)10-11-17/h3-4,6-7,12H,5,8-11,15H2,1-2H3/t12-/m1/s1. The molecule has 1 saturated heterocycles. The predicted molar refractivity (Wildman–Crippen MR) is 73.4 cm³/mol. The number of nitrogens with two attached hydrogens (primary N) is 1. The maximum atomic E-state index is 6.05. The van der Waals surface area contributed by atoms with Crippen LogP contribution in [0.4, 0.5) is 5.69 Å². The number of likely N-dealkylation sites (N-methyl/N-ethyl adjacent to an activating group) is 1. The van der Waals surface area contributed by atoms with Crippen molar-refractivity contribution in [2.75, 3.05) is 38.1 Å². The zero-order valence-corrected chi connectivity index (χ0v) is 10.9. The van der Waals surface area contributed by atoms with Crippen LogP contribution in [0.1, 0.15) is 24.9 Å². The van der Waals surface area contributed by atoms with Crippen molar-refractivity contribution in [3.8, 4) is 0 Å². The highest BCUT2D eigenvalue weighted by molar-refractivity contribution is 5.55. The summed E-state index contributed by atoms with van der Waals surface area (Å²) in [6.45, 7) is 6.61. The molecule has 2 rings (SSSR count). The Morgan fingerprint density at radius 3 is 2.65 bits per heavy atom. The summed E-state index contributed by atoms with van der Waals surface area (Å²) in [5.74, 6) is 0. The number of hydrogen-bond donors (Lipinski definition) is 1. The molecule has 0 bridgehead atoms. The van der Waals surface area contributed by atoms with Gasteiger partial charge in [0, 0.05) is 31.4 Å². The lowest BCUT2D eigenvalue weighted by molar-refractivity contribution is 0.360. The second-order valence-corrected chi connectivity index (χ2v) is 4.99. The van der Waals surface area contributed by atoms with E-state index in [9.17, 15) is 0 Å². The quantitative estimate of drug-likeness (QED) is 0.846. The van der Waals surface area contributed by atoms with Gasteiger partial charge in [-0.15, -0.1) is 0 Å². The van der Waals surface area contributed by atoms with Gasteiger partial charge in [0.25, 0.3) is 0 Å². The zero-order valence-electron chi connectivity index (χ0n) is 10.9. The minimum Gasteiger partial charge on any atom is -0.370 e. The van der Waals surface area contributed by atoms with Gasteiger partial charge < -0.3 is 15.5 Å². The largest absolute Gasteiger partial charge is 0.370 e. The van der Waals surface area contributed by atoms with Crippen molar-refractivity contribution in [3.05, 3.63) is 29.8 Å². The topological polar surface area (TPSA) is 32.5 Å². The van der Waals surface area contributed by atoms with Gasteiger partial charge in [0.15, 0.2) is 0 Å². The molecule has 2 N–H and O–H groups in total. The first-order valence-electron chi connectivity index (χ1n) is 6.46. The Bertz CT molecular complexity index is 362. The first-order valence-corrected chi connectivity index (χ1v) is 6.46. The van der Waals surface area contributed by atoms with E-state index >= 15 is 0 Å². The normalized spacial score (nSPS) is 20.1. The van der Waals surface area contributed by atoms with Crippen LogP contribution in [0.25, 0.3) is 0 Å². The van der Waals surface area contributed by atoms with E-state index in [-0.39, 0.29) is 6.04 Å². The number of benzene rings is 1. The van der Waals surface area contributed by atoms with Crippen LogP contribution in [-0.4, -0.2) is 38.1 Å². The highest BCUT2D eigenvalue weighted by atomic mass is 15.2. The van der Waals surface area contributed by atoms with E-state index in [1.54, 1.807) is 0 Å². The van der Waals surface area contributed by atoms with E-state index in [0.29, 0.717) is 0 Å². The molecule has 1 atom stereocenters. The van der Waals surface area contributed by atoms with E-state index in [2.05, 4.69) is 48.0 Å². The summed E-state index contributed by atoms with van der Waals surface area (Å²) in [5, 5.41) is 0. The molecule has 0 aliphatic carbocycles. The molecule has 1 aromatic rings. The number of hydrogen-bond acceptors (Lipinski definition) is 3. The third kappa shape index (κ3) is 2.99. The molecular weight excluding hydrogens is 210 g/mol. The Hall–Kier alpha value is -1.06. The summed E-state index contributed by atoms with van der Waals surface area (Å²) in [4.78, 5) is 4.87. The van der Waals surface area contributed by atoms with Crippen molar-refractivity contribution in [1.82, 2.24) is 4.90 Å². The minimum absolute atomic E-state index is 0.104. The molecule has 0 spiro atoms. The summed E-state index contributed by atoms with van der Waals surface area (Å²) < 4.78 is 0. The van der Waals surface area contributed by atoms with Crippen molar-refractivity contribution >= 4 is 5.69 Å². The Morgan fingerprint density at radius 1 is 1.12 bits per heavy atom. The molecule has 1 fully saturated rings. The highest BCUT2D eigenvalue weighted by Gasteiger charge is 2.16. The molecule has 0 amide bonds. The van der Waals surface area contributed by atoms with Gasteiger partial charge in [0.2, 0.25) is 0 Å². The molecule has 3 nitrogen and oxygen atoms in total. The van der Waals surface area contributed by atoms with Crippen molar-refractivity contribution in [2.45, 2.75) is 19.4 Å². The third-order valence-electron chi connectivity index (χ3n) is 3.49. The maximum absolute atomic E-state index is 6.05. The molecule has 1 heterocycles. The van der Waals surface area contributed by atoms with Crippen LogP contribution in [0.2, 0.25) is 0 Å². The summed E-state index contributed by atoms with van der Waals surface area (Å²) in [7, 11) is 2.20. The average Bonchev–Trinajstić information content (AvgIpc) is 2.54. The molecule has 0 aromatic heterocycles. The number of para-hydroxylation sites is 1. The van der Waals surface area contributed by atoms with E-state index in [1.807, 2.05) is 0 Å². The summed E-state index contributed by atoms with van der Waals surface area (Å²) in [6, 6.07) is 8.63. The summed E-state index contributed by atoms with van der Waals surface area (Å²) in [5.41, 5.74) is 8.63. The third-order valence-corrected chi connectivity index (χ3v) is 3.49. The molecule has 94 valence electrons. The summed E-state index contributed by atoms with van der Waals surface area (Å²) >= 11 is 0. The highest BCUT2D eigenvalue weighted by Crippen LogP contribution is 2.25. The van der Waals surface area contributed by atoms with Crippen LogP contribution < -0.4 is 10.6 Å². The average molecular weight is 233 g/mol. The molecule has 17 heavy (non-hydrogen) atoms. The SMILES string of the molecule is C[C@@H](N)c1ccccc1N1CCCN(C)CC1. The fourth-order valence-electron chi connectivity index (χ4n) is 2.45. The molecule has 1 aliphatic rings. The molecule has 0 radical (unpaired) electrons. The fraction of sp³-hybridized carbons (Fsp3) is 0.571. The Labute approximate surface area is 104 Å². The summed E-state index contributed by atoms with van der Waals surface area (Å²) in [6.07, 6.45) is 1.23. The van der Waals surface area contributed by atoms with E-state index in [4.69, 9.17) is 5.73 Å². The van der Waals surface area contributed by atoms with Crippen molar-refractivity contribution in [2.24, 2.45) is 5.73 Å². The smallest absolute Gasteiger partial charge is 0.0414 e. The first kappa shape index (κ1) is 12.4. The Morgan fingerprint density at radius 2 is 1.88 bits per heavy atom. The molecule has 1 aromatic carbocycles. The minimum atomic E-state index is 0.104. The molecular formula is C14H23N3. The molecule has 3 heteroatoms. The Balaban J connectivity index is 2.21. The lowest BCUT2D eigenvalue weighted by atomic mass is 10.1. The van der Waals surface area contributed by atoms with Gasteiger partial charge in [-0.1, -0.05) is 18.2 Å². The van der Waals surface area contributed by atoms with Gasteiger partial charge in [-0.25, -0.2) is 0 Å². The second kappa shape index (κ2) is 5.52. The van der Waals surface area contributed by atoms with Crippen LogP contribution in [0, 0.1) is 0 Å². The van der Waals surface area contributed by atoms with Crippen molar-refractivity contribution < 1.29 is 0 Å². The van der Waals surface area contributed by atoms with E-state index < -0.39 is 0 Å². The molecule has 0 saturated carbocycles. The van der Waals surface area contributed by atoms with Gasteiger partial charge in [0.05, 0.1) is 0 Å². The molecule has 1 aliphatic heterocycles. The van der Waals surface area contributed by atoms with Gasteiger partial charge >= 0.3 is 0 Å². The van der Waals surface area contributed by atoms with Gasteiger partial charge in [0.1, 0.15) is 0 Å². The molecule has 0 unspecified atom stereocenters. The van der Waals surface area contributed by atoms with Crippen LogP contribution in [0.5, 0.6) is 0 Å². The van der Waals surface area contributed by atoms with Gasteiger partial charge in [-0.3, -0.25) is 0 Å². The van der Waals surface area contributed by atoms with Gasteiger partial charge in [-0.05, 0) is 38.6 Å². The van der Waals surface area contributed by atoms with Crippen LogP contribution in [0.15, 0.2) is 24.3 Å². The number of rotatable bonds is 2. The van der Waals surface area contributed by atoms with Crippen molar-refractivity contribution in [1.29, 1.82) is 0 Å². The second-order valence-electron chi connectivity index (χ2n) is 4.99. The maximum Gasteiger partial charge on any atom is 0.0414 e. The van der Waals surface area contributed by atoms with E-state index in [0.717, 1.165) is 19.6 Å². The Kier molecular flexibility index (Phi) is 4.02. The van der Waals surface area contributed by atoms with Crippen LogP contribution >= 0.6 is 0 Å².